The van der Waals surface area contributed by atoms with E-state index in [-0.39, 0.29) is 6.07 Å². The van der Waals surface area contributed by atoms with Gasteiger partial charge in [-0.05, 0) is 0 Å². The average molecular weight is 373 g/mol. The van der Waals surface area contributed by atoms with E-state index in [1.54, 1.807) is 0 Å². The Bertz CT molecular complexity index is 727. The van der Waals surface area contributed by atoms with Gasteiger partial charge in [0.25, 0.3) is 0 Å². The van der Waals surface area contributed by atoms with Crippen molar-refractivity contribution in [1.29, 1.82) is 0 Å². The summed E-state index contributed by atoms with van der Waals surface area (Å²) in [6, 6.07) is -0.0785. The maximum absolute atomic E-state index is 13.7. The molecule has 0 aliphatic heterocycles. The van der Waals surface area contributed by atoms with Gasteiger partial charge in [-0.3, -0.25) is 0 Å². The number of hydrogen-bond donors (Lipinski definition) is 0. The zero-order valence-electron chi connectivity index (χ0n) is 10.1. The first kappa shape index (κ1) is 15.8. The first-order chi connectivity index (χ1) is 9.68. The van der Waals surface area contributed by atoms with Crippen molar-refractivity contribution in [3.05, 3.63) is 52.6 Å². The van der Waals surface area contributed by atoms with Crippen LogP contribution in [0.5, 0.6) is 0 Å². The fourth-order valence-corrected chi connectivity index (χ4v) is 2.65. The molecule has 112 valence electrons. The molecule has 0 nitrogen and oxygen atoms in total. The van der Waals surface area contributed by atoms with Crippen molar-refractivity contribution in [2.45, 2.75) is 0 Å². The molecule has 0 saturated carbocycles. The Morgan fingerprint density at radius 3 is 1.52 bits per heavy atom. The molecule has 2 rings (SSSR count). The molecule has 0 bridgehead atoms. The van der Waals surface area contributed by atoms with Gasteiger partial charge in [-0.25, -0.2) is 0 Å². The van der Waals surface area contributed by atoms with Crippen molar-refractivity contribution in [3.8, 4) is 11.1 Å². The van der Waals surface area contributed by atoms with E-state index in [0.29, 0.717) is 0 Å². The number of hydrogen-bond acceptors (Lipinski definition) is 0. The third-order valence-corrected chi connectivity index (χ3v) is 4.70. The van der Waals surface area contributed by atoms with Gasteiger partial charge in [0, 0.05) is 0 Å². The van der Waals surface area contributed by atoms with Crippen LogP contribution in [-0.2, 0) is 0 Å². The molecule has 0 aromatic heterocycles. The van der Waals surface area contributed by atoms with E-state index >= 15 is 0 Å². The SMILES string of the molecule is Fc1cc(-c2c(F)c(F)[c]([GeH3])c(F)c2F)c(F)c(F)c1F. The summed E-state index contributed by atoms with van der Waals surface area (Å²) < 4.78 is 106. The summed E-state index contributed by atoms with van der Waals surface area (Å²) in [5.74, 6) is -16.2. The van der Waals surface area contributed by atoms with Crippen molar-refractivity contribution in [2.24, 2.45) is 0 Å². The Hall–Kier alpha value is -1.58. The summed E-state index contributed by atoms with van der Waals surface area (Å²) in [7, 11) is 0. The van der Waals surface area contributed by atoms with E-state index < -0.39 is 78.6 Å². The van der Waals surface area contributed by atoms with Crippen LogP contribution in [0, 0.1) is 46.5 Å². The molecule has 0 atom stereocenters. The zero-order chi connectivity index (χ0) is 16.1. The fourth-order valence-electron chi connectivity index (χ4n) is 1.73. The molecule has 0 amide bonds. The summed E-state index contributed by atoms with van der Waals surface area (Å²) in [5, 5.41) is 0. The van der Waals surface area contributed by atoms with Gasteiger partial charge < -0.3 is 0 Å². The van der Waals surface area contributed by atoms with Gasteiger partial charge in [0.2, 0.25) is 0 Å². The van der Waals surface area contributed by atoms with Crippen molar-refractivity contribution in [1.82, 2.24) is 0 Å². The fraction of sp³-hybridized carbons (Fsp3) is 0. The third-order valence-electron chi connectivity index (χ3n) is 2.85. The first-order valence-corrected chi connectivity index (χ1v) is 7.44. The van der Waals surface area contributed by atoms with Gasteiger partial charge in [-0.1, -0.05) is 0 Å². The van der Waals surface area contributed by atoms with Crippen molar-refractivity contribution in [2.75, 3.05) is 0 Å². The topological polar surface area (TPSA) is 0 Å². The Labute approximate surface area is 120 Å². The molecule has 0 radical (unpaired) electrons. The molecule has 9 heteroatoms. The molecule has 0 fully saturated rings. The van der Waals surface area contributed by atoms with Crippen LogP contribution in [0.2, 0.25) is 0 Å². The van der Waals surface area contributed by atoms with Crippen LogP contribution >= 0.6 is 0 Å². The van der Waals surface area contributed by atoms with E-state index in [4.69, 9.17) is 0 Å². The molecular formula is C12H4F8Ge. The van der Waals surface area contributed by atoms with Crippen LogP contribution in [0.25, 0.3) is 11.1 Å². The Balaban J connectivity index is 2.93. The van der Waals surface area contributed by atoms with Crippen molar-refractivity contribution in [3.63, 3.8) is 0 Å². The predicted octanol–water partition coefficient (Wildman–Crippen LogP) is 2.46. The van der Waals surface area contributed by atoms with Gasteiger partial charge in [0.1, 0.15) is 0 Å². The molecule has 0 heterocycles. The average Bonchev–Trinajstić information content (AvgIpc) is 2.46. The summed E-state index contributed by atoms with van der Waals surface area (Å²) in [6.45, 7) is 0. The van der Waals surface area contributed by atoms with Crippen LogP contribution in [0.4, 0.5) is 35.1 Å². The van der Waals surface area contributed by atoms with Crippen LogP contribution < -0.4 is 4.40 Å². The molecule has 0 unspecified atom stereocenters. The second-order valence-corrected chi connectivity index (χ2v) is 6.20. The number of benzene rings is 2. The van der Waals surface area contributed by atoms with Crippen LogP contribution in [0.3, 0.4) is 0 Å². The Morgan fingerprint density at radius 1 is 0.571 bits per heavy atom. The second-order valence-electron chi connectivity index (χ2n) is 4.10. The number of rotatable bonds is 1. The summed E-state index contributed by atoms with van der Waals surface area (Å²) in [5.41, 5.74) is -3.08. The molecule has 0 spiro atoms. The molecule has 21 heavy (non-hydrogen) atoms. The second kappa shape index (κ2) is 5.32. The quantitative estimate of drug-likeness (QED) is 0.312. The summed E-state index contributed by atoms with van der Waals surface area (Å²) in [4.78, 5) is 0. The van der Waals surface area contributed by atoms with E-state index in [2.05, 4.69) is 0 Å². The van der Waals surface area contributed by atoms with Gasteiger partial charge in [0.05, 0.1) is 0 Å². The van der Waals surface area contributed by atoms with Crippen LogP contribution in [-0.4, -0.2) is 16.5 Å². The van der Waals surface area contributed by atoms with Crippen molar-refractivity contribution < 1.29 is 35.1 Å². The van der Waals surface area contributed by atoms with Gasteiger partial charge in [-0.2, -0.15) is 0 Å². The predicted molar refractivity (Wildman–Crippen MR) is 61.1 cm³/mol. The molecule has 0 saturated heterocycles. The summed E-state index contributed by atoms with van der Waals surface area (Å²) in [6.07, 6.45) is 0. The molecule has 0 aliphatic rings. The van der Waals surface area contributed by atoms with Gasteiger partial charge in [-0.15, -0.1) is 0 Å². The normalized spacial score (nSPS) is 11.2. The monoisotopic (exact) mass is 374 g/mol. The van der Waals surface area contributed by atoms with Gasteiger partial charge >= 0.3 is 120 Å². The molecule has 2 aromatic carbocycles. The summed E-state index contributed by atoms with van der Waals surface area (Å²) >= 11 is -0.792. The molecule has 2 aromatic rings. The Kier molecular flexibility index (Phi) is 4.00. The Morgan fingerprint density at radius 2 is 1.05 bits per heavy atom. The van der Waals surface area contributed by atoms with Gasteiger partial charge in [0.15, 0.2) is 0 Å². The van der Waals surface area contributed by atoms with Crippen LogP contribution in [0.1, 0.15) is 0 Å². The maximum atomic E-state index is 13.7. The van der Waals surface area contributed by atoms with E-state index in [9.17, 15) is 35.1 Å². The van der Waals surface area contributed by atoms with Crippen LogP contribution in [0.15, 0.2) is 6.07 Å². The minimum absolute atomic E-state index is 0.0785. The van der Waals surface area contributed by atoms with E-state index in [0.717, 1.165) is 0 Å². The van der Waals surface area contributed by atoms with Crippen molar-refractivity contribution >= 4 is 20.9 Å². The van der Waals surface area contributed by atoms with E-state index in [1.807, 2.05) is 0 Å². The molecule has 0 aliphatic carbocycles. The molecule has 0 N–H and O–H groups in total. The minimum atomic E-state index is -2.34. The standard InChI is InChI=1S/C12H4F8Ge/c13-3-1-2(5(14)9(18)6(3)15)4-7(16)10(19)12(21)11(20)8(4)17/h1H,21H3. The number of halogens is 8. The third kappa shape index (κ3) is 2.31. The zero-order valence-corrected chi connectivity index (χ0v) is 14.3. The van der Waals surface area contributed by atoms with E-state index in [1.165, 1.54) is 0 Å². The first-order valence-electron chi connectivity index (χ1n) is 5.34. The molecular weight excluding hydrogens is 369 g/mol.